The second-order valence-corrected chi connectivity index (χ2v) is 7.59. The minimum atomic E-state index is -0.445. The van der Waals surface area contributed by atoms with Crippen LogP contribution >= 0.6 is 34.5 Å². The molecule has 0 aliphatic rings. The monoisotopic (exact) mass is 398 g/mol. The van der Waals surface area contributed by atoms with E-state index in [1.807, 2.05) is 48.5 Å². The molecule has 0 N–H and O–H groups in total. The number of benzene rings is 3. The second kappa shape index (κ2) is 7.12. The first kappa shape index (κ1) is 17.1. The minimum Gasteiger partial charge on any atom is -0.421 e. The van der Waals surface area contributed by atoms with Gasteiger partial charge in [-0.15, -0.1) is 11.3 Å². The molecule has 0 unspecified atom stereocenters. The molecule has 0 saturated heterocycles. The number of ether oxygens (including phenoxy) is 1. The predicted octanol–water partition coefficient (Wildman–Crippen LogP) is 7.09. The molecule has 0 atom stereocenters. The molecule has 0 spiro atoms. The molecule has 4 aromatic rings. The number of esters is 1. The Balaban J connectivity index is 1.83. The van der Waals surface area contributed by atoms with Crippen molar-refractivity contribution in [2.24, 2.45) is 0 Å². The Bertz CT molecular complexity index is 1120. The molecule has 0 amide bonds. The molecule has 2 nitrogen and oxygen atoms in total. The number of halogens is 2. The third-order valence-corrected chi connectivity index (χ3v) is 5.56. The fourth-order valence-electron chi connectivity index (χ4n) is 2.71. The highest BCUT2D eigenvalue weighted by Crippen LogP contribution is 2.45. The minimum absolute atomic E-state index is 0.407. The van der Waals surface area contributed by atoms with Crippen molar-refractivity contribution in [3.8, 4) is 16.2 Å². The van der Waals surface area contributed by atoms with Crippen molar-refractivity contribution in [2.75, 3.05) is 0 Å². The van der Waals surface area contributed by atoms with E-state index in [-0.39, 0.29) is 0 Å². The zero-order valence-corrected chi connectivity index (χ0v) is 15.7. The van der Waals surface area contributed by atoms with Gasteiger partial charge in [0.2, 0.25) is 0 Å². The van der Waals surface area contributed by atoms with Gasteiger partial charge in [-0.3, -0.25) is 0 Å². The molecule has 128 valence electrons. The Hall–Kier alpha value is -2.33. The van der Waals surface area contributed by atoms with E-state index in [1.165, 1.54) is 0 Å². The Morgan fingerprint density at radius 2 is 1.58 bits per heavy atom. The normalized spacial score (nSPS) is 10.8. The summed E-state index contributed by atoms with van der Waals surface area (Å²) in [5, 5.41) is 2.01. The first-order valence-electron chi connectivity index (χ1n) is 7.87. The van der Waals surface area contributed by atoms with Crippen molar-refractivity contribution in [1.82, 2.24) is 0 Å². The van der Waals surface area contributed by atoms with E-state index in [9.17, 15) is 4.79 Å². The summed E-state index contributed by atoms with van der Waals surface area (Å²) in [6.07, 6.45) is 0. The van der Waals surface area contributed by atoms with Crippen LogP contribution in [0.15, 0.2) is 72.8 Å². The standard InChI is InChI=1S/C21H12Cl2O2S/c22-15-7-3-5-13(11-15)20-19(17-9-1-2-10-18(17)26-20)25-21(24)14-6-4-8-16(23)12-14/h1-12H. The summed E-state index contributed by atoms with van der Waals surface area (Å²) in [5.41, 5.74) is 1.32. The van der Waals surface area contributed by atoms with Crippen LogP contribution in [0.5, 0.6) is 5.75 Å². The summed E-state index contributed by atoms with van der Waals surface area (Å²) in [5.74, 6) is 0.0946. The number of hydrogen-bond donors (Lipinski definition) is 0. The molecular formula is C21H12Cl2O2S. The lowest BCUT2D eigenvalue weighted by atomic mass is 10.1. The molecule has 26 heavy (non-hydrogen) atoms. The molecule has 1 heterocycles. The number of thiophene rings is 1. The Kier molecular flexibility index (Phi) is 4.68. The number of carbonyl (C=O) groups excluding carboxylic acids is 1. The van der Waals surface area contributed by atoms with E-state index in [0.29, 0.717) is 21.4 Å². The molecule has 1 aromatic heterocycles. The van der Waals surface area contributed by atoms with Gasteiger partial charge in [0.05, 0.1) is 10.4 Å². The van der Waals surface area contributed by atoms with Crippen molar-refractivity contribution in [1.29, 1.82) is 0 Å². The van der Waals surface area contributed by atoms with Crippen LogP contribution in [0.3, 0.4) is 0 Å². The zero-order valence-electron chi connectivity index (χ0n) is 13.4. The van der Waals surface area contributed by atoms with E-state index in [2.05, 4.69) is 0 Å². The highest BCUT2D eigenvalue weighted by molar-refractivity contribution is 7.22. The smallest absolute Gasteiger partial charge is 0.343 e. The van der Waals surface area contributed by atoms with Gasteiger partial charge >= 0.3 is 5.97 Å². The lowest BCUT2D eigenvalue weighted by Crippen LogP contribution is -2.08. The maximum Gasteiger partial charge on any atom is 0.343 e. The molecule has 0 bridgehead atoms. The number of rotatable bonds is 3. The molecule has 4 rings (SSSR count). The summed E-state index contributed by atoms with van der Waals surface area (Å²) in [6.45, 7) is 0. The van der Waals surface area contributed by atoms with Crippen molar-refractivity contribution < 1.29 is 9.53 Å². The lowest BCUT2D eigenvalue weighted by Gasteiger charge is -2.07. The summed E-state index contributed by atoms with van der Waals surface area (Å²) in [7, 11) is 0. The predicted molar refractivity (Wildman–Crippen MR) is 109 cm³/mol. The van der Waals surface area contributed by atoms with Crippen LogP contribution in [0.1, 0.15) is 10.4 Å². The van der Waals surface area contributed by atoms with Gasteiger partial charge < -0.3 is 4.74 Å². The van der Waals surface area contributed by atoms with Gasteiger partial charge in [0.25, 0.3) is 0 Å². The summed E-state index contributed by atoms with van der Waals surface area (Å²) < 4.78 is 6.84. The second-order valence-electron chi connectivity index (χ2n) is 5.67. The van der Waals surface area contributed by atoms with Crippen LogP contribution in [0, 0.1) is 0 Å². The van der Waals surface area contributed by atoms with E-state index < -0.39 is 5.97 Å². The number of fused-ring (bicyclic) bond motifs is 1. The Morgan fingerprint density at radius 3 is 2.35 bits per heavy atom. The molecule has 0 fully saturated rings. The molecular weight excluding hydrogens is 387 g/mol. The van der Waals surface area contributed by atoms with E-state index in [0.717, 1.165) is 20.5 Å². The fourth-order valence-corrected chi connectivity index (χ4v) is 4.22. The van der Waals surface area contributed by atoms with Crippen molar-refractivity contribution in [2.45, 2.75) is 0 Å². The maximum absolute atomic E-state index is 12.7. The van der Waals surface area contributed by atoms with Crippen LogP contribution < -0.4 is 4.74 Å². The van der Waals surface area contributed by atoms with Crippen molar-refractivity contribution in [3.63, 3.8) is 0 Å². The van der Waals surface area contributed by atoms with Gasteiger partial charge in [-0.1, -0.05) is 53.5 Å². The van der Waals surface area contributed by atoms with Gasteiger partial charge in [0, 0.05) is 20.1 Å². The van der Waals surface area contributed by atoms with Crippen LogP contribution in [0.25, 0.3) is 20.5 Å². The first-order chi connectivity index (χ1) is 12.6. The highest BCUT2D eigenvalue weighted by Gasteiger charge is 2.19. The molecule has 0 aliphatic heterocycles. The molecule has 3 aromatic carbocycles. The summed E-state index contributed by atoms with van der Waals surface area (Å²) in [6, 6.07) is 22.1. The molecule has 0 radical (unpaired) electrons. The van der Waals surface area contributed by atoms with E-state index >= 15 is 0 Å². The van der Waals surface area contributed by atoms with Crippen LogP contribution in [-0.4, -0.2) is 5.97 Å². The molecule has 5 heteroatoms. The van der Waals surface area contributed by atoms with Crippen molar-refractivity contribution >= 4 is 50.6 Å². The van der Waals surface area contributed by atoms with E-state index in [1.54, 1.807) is 35.6 Å². The van der Waals surface area contributed by atoms with E-state index in [4.69, 9.17) is 27.9 Å². The molecule has 0 saturated carbocycles. The van der Waals surface area contributed by atoms with Crippen LogP contribution in [-0.2, 0) is 0 Å². The van der Waals surface area contributed by atoms with Crippen molar-refractivity contribution in [3.05, 3.63) is 88.4 Å². The average Bonchev–Trinajstić information content (AvgIpc) is 3.00. The number of carbonyl (C=O) groups is 1. The largest absolute Gasteiger partial charge is 0.421 e. The topological polar surface area (TPSA) is 26.3 Å². The maximum atomic E-state index is 12.7. The lowest BCUT2D eigenvalue weighted by molar-refractivity contribution is 0.0738. The summed E-state index contributed by atoms with van der Waals surface area (Å²) >= 11 is 13.7. The number of hydrogen-bond acceptors (Lipinski definition) is 3. The molecule has 0 aliphatic carbocycles. The van der Waals surface area contributed by atoms with Gasteiger partial charge in [-0.2, -0.15) is 0 Å². The third kappa shape index (κ3) is 3.34. The Labute approximate surface area is 164 Å². The van der Waals surface area contributed by atoms with Gasteiger partial charge in [0.15, 0.2) is 5.75 Å². The van der Waals surface area contributed by atoms with Gasteiger partial charge in [-0.05, 0) is 48.0 Å². The first-order valence-corrected chi connectivity index (χ1v) is 9.44. The van der Waals surface area contributed by atoms with Crippen LogP contribution in [0.4, 0.5) is 0 Å². The van der Waals surface area contributed by atoms with Crippen LogP contribution in [0.2, 0.25) is 10.0 Å². The fraction of sp³-hybridized carbons (Fsp3) is 0. The zero-order chi connectivity index (χ0) is 18.1. The highest BCUT2D eigenvalue weighted by atomic mass is 35.5. The SMILES string of the molecule is O=C(Oc1c(-c2cccc(Cl)c2)sc2ccccc12)c1cccc(Cl)c1. The van der Waals surface area contributed by atoms with Gasteiger partial charge in [-0.25, -0.2) is 4.79 Å². The average molecular weight is 399 g/mol. The summed E-state index contributed by atoms with van der Waals surface area (Å²) in [4.78, 5) is 13.5. The third-order valence-electron chi connectivity index (χ3n) is 3.89. The quantitative estimate of drug-likeness (QED) is 0.344. The Morgan fingerprint density at radius 1 is 0.846 bits per heavy atom. The van der Waals surface area contributed by atoms with Gasteiger partial charge in [0.1, 0.15) is 0 Å².